The van der Waals surface area contributed by atoms with Gasteiger partial charge in [-0.2, -0.15) is 0 Å². The number of aromatic amines is 1. The van der Waals surface area contributed by atoms with Gasteiger partial charge in [0, 0.05) is 24.8 Å². The minimum atomic E-state index is -4.90. The van der Waals surface area contributed by atoms with Crippen LogP contribution in [0.1, 0.15) is 10.5 Å². The Morgan fingerprint density at radius 3 is 2.59 bits per heavy atom. The van der Waals surface area contributed by atoms with E-state index in [1.807, 2.05) is 0 Å². The summed E-state index contributed by atoms with van der Waals surface area (Å²) in [6.45, 7) is 0. The highest BCUT2D eigenvalue weighted by atomic mass is 32.3. The molecule has 2 heterocycles. The number of nitrogens with one attached hydrogen (secondary N) is 1. The number of alkyl halides is 3. The summed E-state index contributed by atoms with van der Waals surface area (Å²) in [5.41, 5.74) is 0.288. The molecule has 3 rings (SSSR count). The second-order valence-corrected chi connectivity index (χ2v) is 9.57. The lowest BCUT2D eigenvalue weighted by atomic mass is 10.2. The standard InChI is InChI=1S/C16H15F3N2O4S2/c1-21(27(2,24)13-4-3-5-26-13)12-8-10(25-16(17,18)19)6-9-7-11(15(22)23)20-14(9)12/h3-8,20,24H,1-2H3,(H,22,23). The Hall–Kier alpha value is -2.37. The summed E-state index contributed by atoms with van der Waals surface area (Å²) in [5.74, 6) is -1.76. The quantitative estimate of drug-likeness (QED) is 0.532. The molecule has 0 saturated carbocycles. The van der Waals surface area contributed by atoms with E-state index in [-0.39, 0.29) is 22.3 Å². The van der Waals surface area contributed by atoms with Gasteiger partial charge in [-0.1, -0.05) is 6.07 Å². The van der Waals surface area contributed by atoms with Crippen molar-refractivity contribution in [2.45, 2.75) is 10.6 Å². The monoisotopic (exact) mass is 420 g/mol. The Labute approximate surface area is 157 Å². The molecule has 3 aromatic rings. The molecule has 0 aliphatic rings. The number of fused-ring (bicyclic) bond motifs is 1. The lowest BCUT2D eigenvalue weighted by Gasteiger charge is -2.39. The molecule has 0 radical (unpaired) electrons. The van der Waals surface area contributed by atoms with E-state index in [9.17, 15) is 27.6 Å². The van der Waals surface area contributed by atoms with Crippen LogP contribution in [0.2, 0.25) is 0 Å². The molecule has 1 atom stereocenters. The summed E-state index contributed by atoms with van der Waals surface area (Å²) in [5, 5.41) is 11.2. The number of carbonyl (C=O) groups is 1. The van der Waals surface area contributed by atoms with Gasteiger partial charge in [-0.3, -0.25) is 0 Å². The van der Waals surface area contributed by atoms with Crippen molar-refractivity contribution in [3.8, 4) is 5.75 Å². The average molecular weight is 420 g/mol. The van der Waals surface area contributed by atoms with Gasteiger partial charge in [-0.15, -0.1) is 24.5 Å². The maximum absolute atomic E-state index is 12.7. The molecule has 0 aliphatic heterocycles. The van der Waals surface area contributed by atoms with Crippen molar-refractivity contribution in [3.63, 3.8) is 0 Å². The van der Waals surface area contributed by atoms with Crippen molar-refractivity contribution in [2.75, 3.05) is 17.6 Å². The van der Waals surface area contributed by atoms with E-state index in [2.05, 4.69) is 9.72 Å². The molecule has 0 bridgehead atoms. The highest BCUT2D eigenvalue weighted by Crippen LogP contribution is 2.56. The number of aromatic carboxylic acids is 1. The number of halogens is 3. The average Bonchev–Trinajstić information content (AvgIpc) is 3.21. The number of hydrogen-bond donors (Lipinski definition) is 3. The van der Waals surface area contributed by atoms with Gasteiger partial charge in [0.05, 0.1) is 15.4 Å². The summed E-state index contributed by atoms with van der Waals surface area (Å²) in [7, 11) is -1.03. The van der Waals surface area contributed by atoms with Gasteiger partial charge in [0.1, 0.15) is 11.4 Å². The number of ether oxygens (including phenoxy) is 1. The number of carboxylic acids is 1. The fourth-order valence-corrected chi connectivity index (χ4v) is 5.38. The van der Waals surface area contributed by atoms with Gasteiger partial charge in [-0.05, 0) is 34.1 Å². The van der Waals surface area contributed by atoms with Crippen LogP contribution in [0.15, 0.2) is 39.9 Å². The SMILES string of the molecule is CN(c1cc(OC(F)(F)F)cc2cc(C(=O)O)[nH]c12)S(C)(O)c1cccs1. The molecular formula is C16H15F3N2O4S2. The maximum atomic E-state index is 12.7. The molecule has 2 aromatic heterocycles. The van der Waals surface area contributed by atoms with E-state index in [1.54, 1.807) is 23.8 Å². The van der Waals surface area contributed by atoms with Crippen molar-refractivity contribution in [3.05, 3.63) is 41.4 Å². The van der Waals surface area contributed by atoms with E-state index in [0.29, 0.717) is 4.21 Å². The Morgan fingerprint density at radius 2 is 2.04 bits per heavy atom. The number of hydrogen-bond acceptors (Lipinski definition) is 5. The summed E-state index contributed by atoms with van der Waals surface area (Å²) < 4.78 is 55.2. The molecule has 0 aliphatic carbocycles. The van der Waals surface area contributed by atoms with Crippen LogP contribution in [0.25, 0.3) is 10.9 Å². The normalized spacial score (nSPS) is 15.3. The molecule has 146 valence electrons. The molecular weight excluding hydrogens is 405 g/mol. The predicted molar refractivity (Wildman–Crippen MR) is 99.1 cm³/mol. The number of aromatic nitrogens is 1. The zero-order valence-corrected chi connectivity index (χ0v) is 15.7. The maximum Gasteiger partial charge on any atom is 0.573 e. The van der Waals surface area contributed by atoms with Gasteiger partial charge in [0.15, 0.2) is 0 Å². The Balaban J connectivity index is 2.18. The highest BCUT2D eigenvalue weighted by Gasteiger charge is 2.33. The fraction of sp³-hybridized carbons (Fsp3) is 0.188. The van der Waals surface area contributed by atoms with Crippen LogP contribution < -0.4 is 9.04 Å². The van der Waals surface area contributed by atoms with Crippen LogP contribution in [0, 0.1) is 0 Å². The fourth-order valence-electron chi connectivity index (χ4n) is 2.56. The highest BCUT2D eigenvalue weighted by molar-refractivity contribution is 8.30. The van der Waals surface area contributed by atoms with E-state index in [0.717, 1.165) is 12.1 Å². The summed E-state index contributed by atoms with van der Waals surface area (Å²) in [6, 6.07) is 6.91. The molecule has 6 nitrogen and oxygen atoms in total. The summed E-state index contributed by atoms with van der Waals surface area (Å²) in [4.78, 5) is 13.9. The number of nitrogens with zero attached hydrogens (tertiary/aromatic N) is 1. The van der Waals surface area contributed by atoms with Gasteiger partial charge in [-0.25, -0.2) is 4.79 Å². The minimum Gasteiger partial charge on any atom is -0.477 e. The third-order valence-corrected chi connectivity index (χ3v) is 7.95. The molecule has 0 saturated heterocycles. The van der Waals surface area contributed by atoms with Gasteiger partial charge < -0.3 is 23.7 Å². The molecule has 0 amide bonds. The van der Waals surface area contributed by atoms with E-state index < -0.39 is 28.6 Å². The second kappa shape index (κ2) is 6.66. The number of H-pyrrole nitrogens is 1. The zero-order chi connectivity index (χ0) is 20.0. The van der Waals surface area contributed by atoms with Crippen molar-refractivity contribution in [2.24, 2.45) is 0 Å². The first-order valence-electron chi connectivity index (χ1n) is 7.43. The van der Waals surface area contributed by atoms with Crippen LogP contribution in [0.3, 0.4) is 0 Å². The lowest BCUT2D eigenvalue weighted by molar-refractivity contribution is -0.274. The number of carboxylic acid groups (broad SMARTS) is 1. The molecule has 11 heteroatoms. The number of benzene rings is 1. The first kappa shape index (κ1) is 19.4. The smallest absolute Gasteiger partial charge is 0.477 e. The Morgan fingerprint density at radius 1 is 1.33 bits per heavy atom. The summed E-state index contributed by atoms with van der Waals surface area (Å²) >= 11 is 1.31. The van der Waals surface area contributed by atoms with Crippen LogP contribution in [-0.2, 0) is 0 Å². The van der Waals surface area contributed by atoms with E-state index in [1.165, 1.54) is 28.8 Å². The van der Waals surface area contributed by atoms with Crippen LogP contribution in [0.5, 0.6) is 5.75 Å². The number of anilines is 1. The van der Waals surface area contributed by atoms with Crippen molar-refractivity contribution >= 4 is 44.4 Å². The van der Waals surface area contributed by atoms with E-state index >= 15 is 0 Å². The third-order valence-electron chi connectivity index (χ3n) is 3.89. The molecule has 3 N–H and O–H groups in total. The number of thiophene rings is 1. The lowest BCUT2D eigenvalue weighted by Crippen LogP contribution is -2.23. The molecule has 1 aromatic carbocycles. The van der Waals surface area contributed by atoms with Gasteiger partial charge in [0.2, 0.25) is 0 Å². The largest absolute Gasteiger partial charge is 0.573 e. The van der Waals surface area contributed by atoms with Crippen molar-refractivity contribution in [1.82, 2.24) is 4.98 Å². The van der Waals surface area contributed by atoms with Gasteiger partial charge in [0.25, 0.3) is 0 Å². The first-order chi connectivity index (χ1) is 12.5. The predicted octanol–water partition coefficient (Wildman–Crippen LogP) is 5.14. The van der Waals surface area contributed by atoms with Gasteiger partial charge >= 0.3 is 12.3 Å². The van der Waals surface area contributed by atoms with Crippen LogP contribution >= 0.6 is 21.8 Å². The van der Waals surface area contributed by atoms with Crippen molar-refractivity contribution < 1.29 is 32.4 Å². The topological polar surface area (TPSA) is 85.8 Å². The van der Waals surface area contributed by atoms with Crippen LogP contribution in [0.4, 0.5) is 18.9 Å². The zero-order valence-electron chi connectivity index (χ0n) is 14.1. The minimum absolute atomic E-state index is 0.186. The molecule has 0 spiro atoms. The second-order valence-electron chi connectivity index (χ2n) is 5.71. The Kier molecular flexibility index (Phi) is 4.78. The molecule has 1 unspecified atom stereocenters. The summed E-state index contributed by atoms with van der Waals surface area (Å²) in [6.07, 6.45) is -3.33. The van der Waals surface area contributed by atoms with Crippen molar-refractivity contribution in [1.29, 1.82) is 0 Å². The van der Waals surface area contributed by atoms with Crippen LogP contribution in [-0.4, -0.2) is 40.3 Å². The molecule has 27 heavy (non-hydrogen) atoms. The first-order valence-corrected chi connectivity index (χ1v) is 10.3. The Bertz CT molecular complexity index is 984. The number of rotatable bonds is 5. The molecule has 0 fully saturated rings. The van der Waals surface area contributed by atoms with E-state index in [4.69, 9.17) is 0 Å². The third kappa shape index (κ3) is 3.84.